The van der Waals surface area contributed by atoms with E-state index in [-0.39, 0.29) is 28.8 Å². The standard InChI is InChI=1S/C25H17N5O4/c31-22-10-9-21(28-29-22)15-4-3-6-17(12-15)27-23(32)16-7-8-19-20(13-16)25(34)30(24(19)33)14-18-5-1-2-11-26-18/h1-13H,14H2,(H,27,32)(H,29,31). The minimum absolute atomic E-state index is 0.0558. The van der Waals surface area contributed by atoms with Crippen molar-refractivity contribution in [2.45, 2.75) is 6.54 Å². The largest absolute Gasteiger partial charge is 0.322 e. The fraction of sp³-hybridized carbons (Fsp3) is 0.0400. The van der Waals surface area contributed by atoms with E-state index in [1.165, 1.54) is 24.3 Å². The lowest BCUT2D eigenvalue weighted by Gasteiger charge is -2.12. The van der Waals surface area contributed by atoms with Crippen molar-refractivity contribution in [2.75, 3.05) is 5.32 Å². The zero-order valence-electron chi connectivity index (χ0n) is 17.7. The average molecular weight is 451 g/mol. The van der Waals surface area contributed by atoms with E-state index in [2.05, 4.69) is 20.5 Å². The van der Waals surface area contributed by atoms with Gasteiger partial charge in [0, 0.05) is 29.1 Å². The Labute approximate surface area is 193 Å². The molecule has 0 spiro atoms. The number of carbonyl (C=O) groups is 3. The molecule has 3 amide bonds. The summed E-state index contributed by atoms with van der Waals surface area (Å²) in [6.45, 7) is 0.0558. The van der Waals surface area contributed by atoms with Gasteiger partial charge < -0.3 is 5.32 Å². The number of carbonyl (C=O) groups excluding carboxylic acids is 3. The fourth-order valence-corrected chi connectivity index (χ4v) is 3.69. The number of amides is 3. The van der Waals surface area contributed by atoms with Gasteiger partial charge >= 0.3 is 0 Å². The maximum Gasteiger partial charge on any atom is 0.264 e. The highest BCUT2D eigenvalue weighted by molar-refractivity contribution is 6.22. The van der Waals surface area contributed by atoms with Crippen molar-refractivity contribution < 1.29 is 14.4 Å². The predicted octanol–water partition coefficient (Wildman–Crippen LogP) is 2.88. The van der Waals surface area contributed by atoms with Gasteiger partial charge in [-0.15, -0.1) is 0 Å². The number of pyridine rings is 1. The molecule has 9 heteroatoms. The average Bonchev–Trinajstić information content (AvgIpc) is 3.09. The molecular formula is C25H17N5O4. The maximum atomic E-state index is 12.9. The number of fused-ring (bicyclic) bond motifs is 1. The summed E-state index contributed by atoms with van der Waals surface area (Å²) in [6, 6.07) is 19.6. The highest BCUT2D eigenvalue weighted by Gasteiger charge is 2.36. The van der Waals surface area contributed by atoms with Crippen LogP contribution in [0, 0.1) is 0 Å². The number of imide groups is 1. The fourth-order valence-electron chi connectivity index (χ4n) is 3.69. The van der Waals surface area contributed by atoms with Crippen LogP contribution >= 0.6 is 0 Å². The van der Waals surface area contributed by atoms with Crippen LogP contribution in [-0.4, -0.2) is 37.8 Å². The Kier molecular flexibility index (Phi) is 5.27. The first-order valence-electron chi connectivity index (χ1n) is 10.4. The van der Waals surface area contributed by atoms with E-state index in [9.17, 15) is 19.2 Å². The molecule has 0 atom stereocenters. The van der Waals surface area contributed by atoms with Gasteiger partial charge in [-0.3, -0.25) is 29.1 Å². The lowest BCUT2D eigenvalue weighted by molar-refractivity contribution is 0.0640. The van der Waals surface area contributed by atoms with Gasteiger partial charge in [0.15, 0.2) is 0 Å². The topological polar surface area (TPSA) is 125 Å². The van der Waals surface area contributed by atoms with Crippen LogP contribution in [0.4, 0.5) is 5.69 Å². The van der Waals surface area contributed by atoms with Crippen LogP contribution in [0.15, 0.2) is 83.8 Å². The molecule has 9 nitrogen and oxygen atoms in total. The van der Waals surface area contributed by atoms with Gasteiger partial charge in [-0.1, -0.05) is 18.2 Å². The Morgan fingerprint density at radius 1 is 0.882 bits per heavy atom. The smallest absolute Gasteiger partial charge is 0.264 e. The summed E-state index contributed by atoms with van der Waals surface area (Å²) in [4.78, 5) is 55.0. The second-order valence-electron chi connectivity index (χ2n) is 7.62. The Morgan fingerprint density at radius 3 is 2.50 bits per heavy atom. The number of anilines is 1. The van der Waals surface area contributed by atoms with Crippen LogP contribution in [-0.2, 0) is 6.54 Å². The maximum absolute atomic E-state index is 12.9. The highest BCUT2D eigenvalue weighted by Crippen LogP contribution is 2.26. The summed E-state index contributed by atoms with van der Waals surface area (Å²) >= 11 is 0. The molecular weight excluding hydrogens is 434 g/mol. The summed E-state index contributed by atoms with van der Waals surface area (Å²) in [5.41, 5.74) is 2.72. The SMILES string of the molecule is O=C(Nc1cccc(-c2ccc(=O)[nH]n2)c1)c1ccc2c(c1)C(=O)N(Cc1ccccn1)C2=O. The number of aromatic nitrogens is 3. The van der Waals surface area contributed by atoms with E-state index in [4.69, 9.17) is 0 Å². The van der Waals surface area contributed by atoms with Crippen molar-refractivity contribution in [2.24, 2.45) is 0 Å². The Balaban J connectivity index is 1.36. The number of aromatic amines is 1. The van der Waals surface area contributed by atoms with Crippen molar-refractivity contribution in [1.82, 2.24) is 20.1 Å². The first-order valence-corrected chi connectivity index (χ1v) is 10.4. The van der Waals surface area contributed by atoms with Crippen LogP contribution in [0.1, 0.15) is 36.8 Å². The molecule has 34 heavy (non-hydrogen) atoms. The van der Waals surface area contributed by atoms with Crippen LogP contribution in [0.25, 0.3) is 11.3 Å². The van der Waals surface area contributed by atoms with Gasteiger partial charge in [-0.2, -0.15) is 5.10 Å². The first kappa shape index (κ1) is 21.0. The van der Waals surface area contributed by atoms with Gasteiger partial charge in [0.25, 0.3) is 23.3 Å². The van der Waals surface area contributed by atoms with E-state index in [1.54, 1.807) is 54.7 Å². The second-order valence-corrected chi connectivity index (χ2v) is 7.62. The number of hydrogen-bond acceptors (Lipinski definition) is 6. The summed E-state index contributed by atoms with van der Waals surface area (Å²) < 4.78 is 0. The molecule has 0 fully saturated rings. The van der Waals surface area contributed by atoms with Crippen LogP contribution < -0.4 is 10.9 Å². The van der Waals surface area contributed by atoms with Gasteiger partial charge in [-0.25, -0.2) is 5.10 Å². The molecule has 0 radical (unpaired) electrons. The highest BCUT2D eigenvalue weighted by atomic mass is 16.2. The molecule has 0 unspecified atom stereocenters. The summed E-state index contributed by atoms with van der Waals surface area (Å²) in [7, 11) is 0. The molecule has 0 saturated carbocycles. The van der Waals surface area contributed by atoms with Crippen LogP contribution in [0.3, 0.4) is 0 Å². The van der Waals surface area contributed by atoms with Crippen molar-refractivity contribution in [3.05, 3.63) is 112 Å². The second kappa shape index (κ2) is 8.55. The number of nitrogens with zero attached hydrogens (tertiary/aromatic N) is 3. The van der Waals surface area contributed by atoms with E-state index >= 15 is 0 Å². The van der Waals surface area contributed by atoms with Crippen molar-refractivity contribution >= 4 is 23.4 Å². The van der Waals surface area contributed by atoms with Crippen LogP contribution in [0.5, 0.6) is 0 Å². The number of nitrogens with one attached hydrogen (secondary N) is 2. The van der Waals surface area contributed by atoms with E-state index in [0.717, 1.165) is 4.90 Å². The molecule has 0 saturated heterocycles. The van der Waals surface area contributed by atoms with Crippen molar-refractivity contribution in [3.8, 4) is 11.3 Å². The Hall–Kier alpha value is -4.92. The molecule has 4 aromatic rings. The number of hydrogen-bond donors (Lipinski definition) is 2. The summed E-state index contributed by atoms with van der Waals surface area (Å²) in [5, 5.41) is 9.15. The van der Waals surface area contributed by atoms with E-state index < -0.39 is 17.7 Å². The first-order chi connectivity index (χ1) is 16.5. The monoisotopic (exact) mass is 451 g/mol. The Morgan fingerprint density at radius 2 is 1.74 bits per heavy atom. The zero-order chi connectivity index (χ0) is 23.7. The zero-order valence-corrected chi connectivity index (χ0v) is 17.7. The molecule has 0 aliphatic carbocycles. The Bertz CT molecular complexity index is 1480. The van der Waals surface area contributed by atoms with E-state index in [1.807, 2.05) is 0 Å². The van der Waals surface area contributed by atoms with Gasteiger partial charge in [0.2, 0.25) is 0 Å². The van der Waals surface area contributed by atoms with Crippen LogP contribution in [0.2, 0.25) is 0 Å². The minimum atomic E-state index is -0.466. The van der Waals surface area contributed by atoms with Gasteiger partial charge in [0.1, 0.15) is 0 Å². The molecule has 166 valence electrons. The third-order valence-electron chi connectivity index (χ3n) is 5.37. The van der Waals surface area contributed by atoms with Gasteiger partial charge in [-0.05, 0) is 48.5 Å². The third kappa shape index (κ3) is 3.97. The molecule has 5 rings (SSSR count). The molecule has 1 aliphatic heterocycles. The molecule has 2 aromatic heterocycles. The molecule has 1 aliphatic rings. The third-order valence-corrected chi connectivity index (χ3v) is 5.37. The molecule has 2 N–H and O–H groups in total. The van der Waals surface area contributed by atoms with Gasteiger partial charge in [0.05, 0.1) is 29.1 Å². The summed E-state index contributed by atoms with van der Waals surface area (Å²) in [6.07, 6.45) is 1.60. The lowest BCUT2D eigenvalue weighted by atomic mass is 10.0. The number of rotatable bonds is 5. The number of H-pyrrole nitrogens is 1. The molecule has 0 bridgehead atoms. The summed E-state index contributed by atoms with van der Waals surface area (Å²) in [5.74, 6) is -1.32. The predicted molar refractivity (Wildman–Crippen MR) is 123 cm³/mol. The molecule has 2 aromatic carbocycles. The molecule has 3 heterocycles. The lowest BCUT2D eigenvalue weighted by Crippen LogP contribution is -2.29. The quantitative estimate of drug-likeness (QED) is 0.450. The van der Waals surface area contributed by atoms with E-state index in [0.29, 0.717) is 22.6 Å². The minimum Gasteiger partial charge on any atom is -0.322 e. The van der Waals surface area contributed by atoms with Crippen molar-refractivity contribution in [3.63, 3.8) is 0 Å². The van der Waals surface area contributed by atoms with Crippen molar-refractivity contribution in [1.29, 1.82) is 0 Å². The normalized spacial score (nSPS) is 12.5. The number of benzene rings is 2.